The lowest BCUT2D eigenvalue weighted by molar-refractivity contribution is -0.384. The number of para-hydroxylation sites is 1. The lowest BCUT2D eigenvalue weighted by Gasteiger charge is -2.01. The highest BCUT2D eigenvalue weighted by Gasteiger charge is 2.18. The molecule has 0 unspecified atom stereocenters. The predicted octanol–water partition coefficient (Wildman–Crippen LogP) is 4.85. The molecule has 1 aromatic heterocycles. The molecule has 10 nitrogen and oxygen atoms in total. The van der Waals surface area contributed by atoms with Crippen molar-refractivity contribution in [3.05, 3.63) is 105 Å². The number of nitrogens with one attached hydrogen (secondary N) is 1. The number of carboxylic acids is 1. The summed E-state index contributed by atoms with van der Waals surface area (Å²) in [4.78, 5) is 35.0. The molecule has 0 bridgehead atoms. The fourth-order valence-corrected chi connectivity index (χ4v) is 3.08. The second-order valence-corrected chi connectivity index (χ2v) is 6.64. The number of nitro groups is 1. The van der Waals surface area contributed by atoms with Crippen LogP contribution in [0.3, 0.4) is 0 Å². The van der Waals surface area contributed by atoms with E-state index in [2.05, 4.69) is 15.3 Å². The van der Waals surface area contributed by atoms with Gasteiger partial charge in [-0.05, 0) is 36.4 Å². The molecular weight excluding hydrogens is 414 g/mol. The SMILES string of the molecule is O=C(O)c1ccccc1N=Nc1c(-c2ccc([N+](=O)[O-])cc2)[nH]n(-c2ccccc2)c1=O. The number of azo groups is 1. The van der Waals surface area contributed by atoms with E-state index in [1.165, 1.54) is 41.1 Å². The van der Waals surface area contributed by atoms with E-state index in [0.717, 1.165) is 0 Å². The second-order valence-electron chi connectivity index (χ2n) is 6.64. The number of non-ortho nitro benzene ring substituents is 1. The van der Waals surface area contributed by atoms with Gasteiger partial charge < -0.3 is 5.11 Å². The molecule has 4 rings (SSSR count). The molecule has 0 atom stereocenters. The average molecular weight is 429 g/mol. The first-order valence-corrected chi connectivity index (χ1v) is 9.35. The molecule has 0 spiro atoms. The van der Waals surface area contributed by atoms with Crippen molar-refractivity contribution in [1.29, 1.82) is 0 Å². The molecule has 158 valence electrons. The molecule has 0 aliphatic heterocycles. The van der Waals surface area contributed by atoms with Crippen LogP contribution in [-0.4, -0.2) is 25.8 Å². The van der Waals surface area contributed by atoms with Gasteiger partial charge in [-0.15, -0.1) is 10.2 Å². The fourth-order valence-electron chi connectivity index (χ4n) is 3.08. The number of aromatic carboxylic acids is 1. The van der Waals surface area contributed by atoms with E-state index in [0.29, 0.717) is 11.3 Å². The van der Waals surface area contributed by atoms with Crippen molar-refractivity contribution in [1.82, 2.24) is 9.78 Å². The number of hydrogen-bond donors (Lipinski definition) is 2. The molecule has 0 fully saturated rings. The monoisotopic (exact) mass is 429 g/mol. The quantitative estimate of drug-likeness (QED) is 0.256. The largest absolute Gasteiger partial charge is 0.478 e. The molecule has 32 heavy (non-hydrogen) atoms. The molecule has 0 saturated heterocycles. The first-order valence-electron chi connectivity index (χ1n) is 9.35. The third-order valence-corrected chi connectivity index (χ3v) is 4.64. The minimum absolute atomic E-state index is 0.0629. The van der Waals surface area contributed by atoms with Crippen molar-refractivity contribution in [2.45, 2.75) is 0 Å². The molecule has 0 saturated carbocycles. The zero-order valence-electron chi connectivity index (χ0n) is 16.4. The Kier molecular flexibility index (Phi) is 5.41. The Morgan fingerprint density at radius 1 is 0.938 bits per heavy atom. The third-order valence-electron chi connectivity index (χ3n) is 4.64. The summed E-state index contributed by atoms with van der Waals surface area (Å²) in [7, 11) is 0. The van der Waals surface area contributed by atoms with Gasteiger partial charge in [0.25, 0.3) is 11.2 Å². The van der Waals surface area contributed by atoms with Gasteiger partial charge in [0, 0.05) is 17.7 Å². The highest BCUT2D eigenvalue weighted by atomic mass is 16.6. The van der Waals surface area contributed by atoms with Gasteiger partial charge in [-0.1, -0.05) is 30.3 Å². The van der Waals surface area contributed by atoms with Gasteiger partial charge in [-0.25, -0.2) is 9.48 Å². The van der Waals surface area contributed by atoms with Gasteiger partial charge in [-0.3, -0.25) is 20.0 Å². The van der Waals surface area contributed by atoms with Crippen LogP contribution in [-0.2, 0) is 0 Å². The van der Waals surface area contributed by atoms with Gasteiger partial charge in [0.15, 0.2) is 5.69 Å². The Balaban J connectivity index is 1.87. The van der Waals surface area contributed by atoms with Crippen molar-refractivity contribution >= 4 is 23.0 Å². The number of nitro benzene ring substituents is 1. The van der Waals surface area contributed by atoms with Crippen molar-refractivity contribution < 1.29 is 14.8 Å². The maximum atomic E-state index is 13.1. The van der Waals surface area contributed by atoms with Crippen LogP contribution in [0, 0.1) is 10.1 Å². The van der Waals surface area contributed by atoms with Crippen molar-refractivity contribution in [2.24, 2.45) is 10.2 Å². The van der Waals surface area contributed by atoms with E-state index in [9.17, 15) is 24.8 Å². The summed E-state index contributed by atoms with van der Waals surface area (Å²) in [6.07, 6.45) is 0. The van der Waals surface area contributed by atoms with Gasteiger partial charge in [0.1, 0.15) is 5.69 Å². The van der Waals surface area contributed by atoms with Crippen molar-refractivity contribution in [2.75, 3.05) is 0 Å². The number of H-pyrrole nitrogens is 1. The molecule has 0 aliphatic rings. The van der Waals surface area contributed by atoms with Gasteiger partial charge >= 0.3 is 5.97 Å². The molecule has 3 aromatic carbocycles. The number of benzene rings is 3. The van der Waals surface area contributed by atoms with Crippen molar-refractivity contribution in [3.8, 4) is 16.9 Å². The maximum absolute atomic E-state index is 13.1. The second kappa shape index (κ2) is 8.48. The summed E-state index contributed by atoms with van der Waals surface area (Å²) in [6, 6.07) is 20.4. The number of hydrogen-bond acceptors (Lipinski definition) is 6. The summed E-state index contributed by atoms with van der Waals surface area (Å²) in [5, 5.41) is 31.3. The number of carbonyl (C=O) groups is 1. The van der Waals surface area contributed by atoms with E-state index < -0.39 is 16.5 Å². The minimum Gasteiger partial charge on any atom is -0.478 e. The normalized spacial score (nSPS) is 11.0. The van der Waals surface area contributed by atoms with Crippen LogP contribution in [0.15, 0.2) is 93.9 Å². The first-order chi connectivity index (χ1) is 15.5. The Bertz CT molecular complexity index is 1390. The van der Waals surface area contributed by atoms with Crippen LogP contribution in [0.4, 0.5) is 17.1 Å². The van der Waals surface area contributed by atoms with Gasteiger partial charge in [0.05, 0.1) is 21.9 Å². The summed E-state index contributed by atoms with van der Waals surface area (Å²) in [6.45, 7) is 0. The summed E-state index contributed by atoms with van der Waals surface area (Å²) >= 11 is 0. The molecule has 0 aliphatic carbocycles. The Labute approximate surface area is 180 Å². The third kappa shape index (κ3) is 3.92. The zero-order chi connectivity index (χ0) is 22.7. The fraction of sp³-hybridized carbons (Fsp3) is 0. The topological polar surface area (TPSA) is 143 Å². The molecule has 2 N–H and O–H groups in total. The van der Waals surface area contributed by atoms with E-state index in [1.54, 1.807) is 42.5 Å². The lowest BCUT2D eigenvalue weighted by Crippen LogP contribution is -2.13. The smallest absolute Gasteiger partial charge is 0.337 e. The van der Waals surface area contributed by atoms with Crippen LogP contribution >= 0.6 is 0 Å². The minimum atomic E-state index is -1.18. The molecule has 0 amide bonds. The maximum Gasteiger partial charge on any atom is 0.337 e. The Morgan fingerprint density at radius 2 is 1.59 bits per heavy atom. The lowest BCUT2D eigenvalue weighted by atomic mass is 10.1. The standard InChI is InChI=1S/C22H15N5O5/c28-21-20(24-23-18-9-5-4-8-17(18)22(29)30)19(14-10-12-16(13-11-14)27(31)32)25-26(21)15-6-2-1-3-7-15/h1-13,25H,(H,29,30). The van der Waals surface area contributed by atoms with Crippen molar-refractivity contribution in [3.63, 3.8) is 0 Å². The van der Waals surface area contributed by atoms with E-state index in [-0.39, 0.29) is 28.3 Å². The average Bonchev–Trinajstić information content (AvgIpc) is 3.14. The van der Waals surface area contributed by atoms with E-state index >= 15 is 0 Å². The number of carboxylic acid groups (broad SMARTS) is 1. The van der Waals surface area contributed by atoms with Crippen LogP contribution < -0.4 is 5.56 Å². The van der Waals surface area contributed by atoms with Gasteiger partial charge in [0.2, 0.25) is 0 Å². The summed E-state index contributed by atoms with van der Waals surface area (Å²) in [5.41, 5.74) is 0.649. The molecular formula is C22H15N5O5. The number of rotatable bonds is 6. The molecule has 1 heterocycles. The van der Waals surface area contributed by atoms with Crippen LogP contribution in [0.1, 0.15) is 10.4 Å². The van der Waals surface area contributed by atoms with Crippen LogP contribution in [0.2, 0.25) is 0 Å². The zero-order valence-corrected chi connectivity index (χ0v) is 16.4. The molecule has 10 heteroatoms. The molecule has 4 aromatic rings. The highest BCUT2D eigenvalue weighted by molar-refractivity contribution is 5.93. The van der Waals surface area contributed by atoms with E-state index in [4.69, 9.17) is 0 Å². The first kappa shape index (κ1) is 20.4. The summed E-state index contributed by atoms with van der Waals surface area (Å²) in [5.74, 6) is -1.18. The number of aromatic nitrogens is 2. The number of nitrogens with zero attached hydrogens (tertiary/aromatic N) is 4. The number of aromatic amines is 1. The van der Waals surface area contributed by atoms with Gasteiger partial charge in [-0.2, -0.15) is 0 Å². The van der Waals surface area contributed by atoms with E-state index in [1.807, 2.05) is 0 Å². The van der Waals surface area contributed by atoms with Crippen LogP contribution in [0.5, 0.6) is 0 Å². The predicted molar refractivity (Wildman–Crippen MR) is 116 cm³/mol. The van der Waals surface area contributed by atoms with Crippen LogP contribution in [0.25, 0.3) is 16.9 Å². The highest BCUT2D eigenvalue weighted by Crippen LogP contribution is 2.30. The molecule has 0 radical (unpaired) electrons. The summed E-state index contributed by atoms with van der Waals surface area (Å²) < 4.78 is 1.27. The Hall–Kier alpha value is -4.86. The Morgan fingerprint density at radius 3 is 2.25 bits per heavy atom.